The average Bonchev–Trinajstić information content (AvgIpc) is 2.86. The quantitative estimate of drug-likeness (QED) is 0.762. The van der Waals surface area contributed by atoms with Crippen LogP contribution in [-0.2, 0) is 0 Å². The Kier molecular flexibility index (Phi) is 2.68. The van der Waals surface area contributed by atoms with Crippen LogP contribution in [-0.4, -0.2) is 4.98 Å². The van der Waals surface area contributed by atoms with Gasteiger partial charge in [0.1, 0.15) is 11.3 Å². The first-order chi connectivity index (χ1) is 6.81. The summed E-state index contributed by atoms with van der Waals surface area (Å²) in [5, 5.41) is 3.19. The molecule has 0 fully saturated rings. The van der Waals surface area contributed by atoms with Crippen molar-refractivity contribution in [3.05, 3.63) is 29.7 Å². The molecule has 2 rings (SSSR count). The van der Waals surface area contributed by atoms with Crippen molar-refractivity contribution in [1.82, 2.24) is 4.98 Å². The second-order valence-corrected chi connectivity index (χ2v) is 4.26. The maximum atomic E-state index is 5.03. The monoisotopic (exact) mass is 207 g/mol. The van der Waals surface area contributed by atoms with Gasteiger partial charge in [-0.2, -0.15) is 0 Å². The van der Waals surface area contributed by atoms with E-state index in [1.807, 2.05) is 6.07 Å². The molecule has 2 aromatic rings. The molecule has 2 heterocycles. The fourth-order valence-electron chi connectivity index (χ4n) is 1.24. The minimum Gasteiger partial charge on any atom is -0.472 e. The molecule has 0 saturated carbocycles. The van der Waals surface area contributed by atoms with Crippen LogP contribution in [0, 0.1) is 0 Å². The lowest BCUT2D eigenvalue weighted by Gasteiger charge is -2.01. The SMILES string of the molecule is CCC(C)c1csc(-c2ccoc2)n1. The molecule has 74 valence electrons. The van der Waals surface area contributed by atoms with Crippen molar-refractivity contribution in [3.63, 3.8) is 0 Å². The fraction of sp³-hybridized carbons (Fsp3) is 0.364. The van der Waals surface area contributed by atoms with E-state index in [2.05, 4.69) is 24.2 Å². The third-order valence-corrected chi connectivity index (χ3v) is 3.32. The second-order valence-electron chi connectivity index (χ2n) is 3.40. The van der Waals surface area contributed by atoms with Crippen LogP contribution >= 0.6 is 11.3 Å². The summed E-state index contributed by atoms with van der Waals surface area (Å²) in [7, 11) is 0. The van der Waals surface area contributed by atoms with E-state index in [4.69, 9.17) is 4.42 Å². The maximum Gasteiger partial charge on any atom is 0.126 e. The minimum absolute atomic E-state index is 0.548. The normalized spacial score (nSPS) is 13.0. The lowest BCUT2D eigenvalue weighted by atomic mass is 10.1. The summed E-state index contributed by atoms with van der Waals surface area (Å²) in [5.41, 5.74) is 2.26. The van der Waals surface area contributed by atoms with Crippen LogP contribution in [0.2, 0.25) is 0 Å². The number of rotatable bonds is 3. The Morgan fingerprint density at radius 1 is 1.57 bits per heavy atom. The van der Waals surface area contributed by atoms with Crippen molar-refractivity contribution in [2.24, 2.45) is 0 Å². The number of hydrogen-bond donors (Lipinski definition) is 0. The summed E-state index contributed by atoms with van der Waals surface area (Å²) in [4.78, 5) is 4.58. The van der Waals surface area contributed by atoms with Gasteiger partial charge in [-0.3, -0.25) is 0 Å². The molecular formula is C11H13NOS. The third kappa shape index (κ3) is 1.73. The van der Waals surface area contributed by atoms with Crippen molar-refractivity contribution >= 4 is 11.3 Å². The molecule has 0 bridgehead atoms. The van der Waals surface area contributed by atoms with Gasteiger partial charge in [-0.05, 0) is 18.4 Å². The molecule has 0 saturated heterocycles. The topological polar surface area (TPSA) is 26.0 Å². The van der Waals surface area contributed by atoms with Gasteiger partial charge < -0.3 is 4.42 Å². The highest BCUT2D eigenvalue weighted by Gasteiger charge is 2.09. The summed E-state index contributed by atoms with van der Waals surface area (Å²) in [5.74, 6) is 0.548. The van der Waals surface area contributed by atoms with E-state index in [1.165, 1.54) is 5.69 Å². The molecule has 0 radical (unpaired) electrons. The van der Waals surface area contributed by atoms with Gasteiger partial charge in [-0.15, -0.1) is 11.3 Å². The summed E-state index contributed by atoms with van der Waals surface area (Å²) < 4.78 is 5.03. The molecule has 0 aliphatic carbocycles. The standard InChI is InChI=1S/C11H13NOS/c1-3-8(2)10-7-14-11(12-10)9-4-5-13-6-9/h4-8H,3H2,1-2H3. The molecule has 2 nitrogen and oxygen atoms in total. The fourth-order valence-corrected chi connectivity index (χ4v) is 2.17. The van der Waals surface area contributed by atoms with Crippen molar-refractivity contribution in [3.8, 4) is 10.6 Å². The second kappa shape index (κ2) is 3.96. The van der Waals surface area contributed by atoms with Crippen molar-refractivity contribution in [2.45, 2.75) is 26.2 Å². The third-order valence-electron chi connectivity index (χ3n) is 2.41. The Morgan fingerprint density at radius 3 is 3.07 bits per heavy atom. The van der Waals surface area contributed by atoms with Crippen LogP contribution in [0.4, 0.5) is 0 Å². The van der Waals surface area contributed by atoms with Gasteiger partial charge >= 0.3 is 0 Å². The van der Waals surface area contributed by atoms with E-state index < -0.39 is 0 Å². The van der Waals surface area contributed by atoms with Gasteiger partial charge in [0.2, 0.25) is 0 Å². The van der Waals surface area contributed by atoms with Crippen molar-refractivity contribution in [2.75, 3.05) is 0 Å². The number of aromatic nitrogens is 1. The van der Waals surface area contributed by atoms with Crippen LogP contribution in [0.25, 0.3) is 10.6 Å². The Hall–Kier alpha value is -1.09. The molecule has 0 spiro atoms. The maximum absolute atomic E-state index is 5.03. The van der Waals surface area contributed by atoms with Gasteiger partial charge in [-0.25, -0.2) is 4.98 Å². The van der Waals surface area contributed by atoms with Crippen LogP contribution in [0.3, 0.4) is 0 Å². The van der Waals surface area contributed by atoms with E-state index >= 15 is 0 Å². The summed E-state index contributed by atoms with van der Waals surface area (Å²) >= 11 is 1.68. The highest BCUT2D eigenvalue weighted by molar-refractivity contribution is 7.13. The molecule has 14 heavy (non-hydrogen) atoms. The van der Waals surface area contributed by atoms with E-state index in [1.54, 1.807) is 23.9 Å². The number of furan rings is 1. The van der Waals surface area contributed by atoms with E-state index in [9.17, 15) is 0 Å². The number of thiazole rings is 1. The minimum atomic E-state index is 0.548. The van der Waals surface area contributed by atoms with E-state index in [0.29, 0.717) is 5.92 Å². The molecule has 0 aromatic carbocycles. The first-order valence-electron chi connectivity index (χ1n) is 4.79. The Balaban J connectivity index is 2.26. The molecular weight excluding hydrogens is 194 g/mol. The molecule has 0 amide bonds. The molecule has 2 aromatic heterocycles. The smallest absolute Gasteiger partial charge is 0.126 e. The molecule has 1 atom stereocenters. The summed E-state index contributed by atoms with van der Waals surface area (Å²) in [6, 6.07) is 1.94. The zero-order valence-electron chi connectivity index (χ0n) is 8.36. The number of hydrogen-bond acceptors (Lipinski definition) is 3. The first kappa shape index (κ1) is 9.46. The predicted molar refractivity (Wildman–Crippen MR) is 58.5 cm³/mol. The zero-order chi connectivity index (χ0) is 9.97. The number of nitrogens with zero attached hydrogens (tertiary/aromatic N) is 1. The Labute approximate surface area is 87.6 Å². The molecule has 0 N–H and O–H groups in total. The molecule has 3 heteroatoms. The lowest BCUT2D eigenvalue weighted by Crippen LogP contribution is -1.90. The average molecular weight is 207 g/mol. The van der Waals surface area contributed by atoms with Crippen LogP contribution in [0.1, 0.15) is 31.9 Å². The summed E-state index contributed by atoms with van der Waals surface area (Å²) in [6.45, 7) is 4.38. The molecule has 1 unspecified atom stereocenters. The van der Waals surface area contributed by atoms with Crippen LogP contribution < -0.4 is 0 Å². The summed E-state index contributed by atoms with van der Waals surface area (Å²) in [6.07, 6.45) is 4.55. The Bertz CT molecular complexity index is 391. The predicted octanol–water partition coefficient (Wildman–Crippen LogP) is 3.92. The van der Waals surface area contributed by atoms with Crippen LogP contribution in [0.5, 0.6) is 0 Å². The van der Waals surface area contributed by atoms with Gasteiger partial charge in [-0.1, -0.05) is 13.8 Å². The van der Waals surface area contributed by atoms with E-state index in [0.717, 1.165) is 17.0 Å². The lowest BCUT2D eigenvalue weighted by molar-refractivity contribution is 0.568. The van der Waals surface area contributed by atoms with Crippen LogP contribution in [0.15, 0.2) is 28.4 Å². The molecule has 0 aliphatic heterocycles. The van der Waals surface area contributed by atoms with Gasteiger partial charge in [0, 0.05) is 10.9 Å². The zero-order valence-corrected chi connectivity index (χ0v) is 9.17. The van der Waals surface area contributed by atoms with Crippen molar-refractivity contribution in [1.29, 1.82) is 0 Å². The highest BCUT2D eigenvalue weighted by atomic mass is 32.1. The first-order valence-corrected chi connectivity index (χ1v) is 5.67. The molecule has 0 aliphatic rings. The van der Waals surface area contributed by atoms with Gasteiger partial charge in [0.05, 0.1) is 12.0 Å². The van der Waals surface area contributed by atoms with E-state index in [-0.39, 0.29) is 0 Å². The van der Waals surface area contributed by atoms with Gasteiger partial charge in [0.25, 0.3) is 0 Å². The Morgan fingerprint density at radius 2 is 2.43 bits per heavy atom. The largest absolute Gasteiger partial charge is 0.472 e. The van der Waals surface area contributed by atoms with Crippen molar-refractivity contribution < 1.29 is 4.42 Å². The highest BCUT2D eigenvalue weighted by Crippen LogP contribution is 2.28. The van der Waals surface area contributed by atoms with Gasteiger partial charge in [0.15, 0.2) is 0 Å².